The van der Waals surface area contributed by atoms with Crippen molar-refractivity contribution in [2.45, 2.75) is 32.7 Å². The molecule has 2 N–H and O–H groups in total. The van der Waals surface area contributed by atoms with Crippen LogP contribution in [0.25, 0.3) is 0 Å². The second-order valence-electron chi connectivity index (χ2n) is 4.95. The fourth-order valence-electron chi connectivity index (χ4n) is 1.45. The molecule has 0 aromatic carbocycles. The van der Waals surface area contributed by atoms with Crippen molar-refractivity contribution >= 4 is 5.97 Å². The minimum Gasteiger partial charge on any atom is -0.480 e. The van der Waals surface area contributed by atoms with E-state index in [2.05, 4.69) is 18.5 Å². The van der Waals surface area contributed by atoms with Crippen LogP contribution in [0, 0.1) is 5.41 Å². The van der Waals surface area contributed by atoms with Gasteiger partial charge in [-0.1, -0.05) is 45.2 Å². The Balaban J connectivity index is 4.68. The van der Waals surface area contributed by atoms with Crippen LogP contribution >= 0.6 is 0 Å². The van der Waals surface area contributed by atoms with Crippen LogP contribution in [0.3, 0.4) is 0 Å². The summed E-state index contributed by atoms with van der Waals surface area (Å²) in [7, 11) is 0. The Morgan fingerprint density at radius 1 is 1.42 bits per heavy atom. The summed E-state index contributed by atoms with van der Waals surface area (Å²) in [5, 5.41) is 11.8. The molecule has 0 rings (SSSR count). The topological polar surface area (TPSA) is 49.3 Å². The van der Waals surface area contributed by atoms with Crippen LogP contribution in [0.15, 0.2) is 37.0 Å². The van der Waals surface area contributed by atoms with E-state index in [0.717, 1.165) is 5.57 Å². The lowest BCUT2D eigenvalue weighted by Crippen LogP contribution is -2.42. The van der Waals surface area contributed by atoms with Gasteiger partial charge in [-0.05, 0) is 12.0 Å². The van der Waals surface area contributed by atoms with E-state index in [0.29, 0.717) is 0 Å². The van der Waals surface area contributed by atoms with Crippen LogP contribution in [-0.4, -0.2) is 30.1 Å². The first-order valence-corrected chi connectivity index (χ1v) is 5.93. The fourth-order valence-corrected chi connectivity index (χ4v) is 1.45. The van der Waals surface area contributed by atoms with E-state index in [1.54, 1.807) is 18.2 Å². The third kappa shape index (κ3) is 6.29. The molecule has 108 valence electrons. The zero-order chi connectivity index (χ0) is 15.1. The van der Waals surface area contributed by atoms with Crippen LogP contribution < -0.4 is 5.32 Å². The van der Waals surface area contributed by atoms with Crippen LogP contribution in [0.4, 0.5) is 8.78 Å². The molecule has 0 amide bonds. The van der Waals surface area contributed by atoms with Gasteiger partial charge in [-0.25, -0.2) is 8.78 Å². The summed E-state index contributed by atoms with van der Waals surface area (Å²) in [6.07, 6.45) is 2.07. The minimum atomic E-state index is -2.57. The molecular weight excluding hydrogens is 252 g/mol. The van der Waals surface area contributed by atoms with Crippen molar-refractivity contribution < 1.29 is 18.7 Å². The first-order valence-electron chi connectivity index (χ1n) is 5.93. The van der Waals surface area contributed by atoms with E-state index in [4.69, 9.17) is 5.11 Å². The molecule has 0 spiro atoms. The maximum atomic E-state index is 12.8. The van der Waals surface area contributed by atoms with Crippen molar-refractivity contribution in [3.63, 3.8) is 0 Å². The van der Waals surface area contributed by atoms with Crippen molar-refractivity contribution in [1.82, 2.24) is 5.32 Å². The number of carboxylic acids is 1. The summed E-state index contributed by atoms with van der Waals surface area (Å²) in [5.41, 5.74) is -0.608. The largest absolute Gasteiger partial charge is 0.480 e. The zero-order valence-electron chi connectivity index (χ0n) is 11.3. The molecule has 0 aliphatic carbocycles. The molecule has 0 aromatic heterocycles. The van der Waals surface area contributed by atoms with Crippen LogP contribution in [0.1, 0.15) is 20.3 Å². The highest BCUT2D eigenvalue weighted by molar-refractivity contribution is 5.73. The SMILES string of the molecule is C=C/C=C(\C=C)CNC(CC(C)(C)C(F)F)C(=O)O. The third-order valence-corrected chi connectivity index (χ3v) is 2.77. The molecule has 0 heterocycles. The summed E-state index contributed by atoms with van der Waals surface area (Å²) in [6, 6.07) is -1.03. The molecule has 0 bridgehead atoms. The van der Waals surface area contributed by atoms with E-state index < -0.39 is 23.9 Å². The summed E-state index contributed by atoms with van der Waals surface area (Å²) in [6.45, 7) is 10.1. The van der Waals surface area contributed by atoms with E-state index in [1.807, 2.05) is 0 Å². The summed E-state index contributed by atoms with van der Waals surface area (Å²) in [5.74, 6) is -1.14. The Morgan fingerprint density at radius 2 is 2.00 bits per heavy atom. The molecule has 0 aliphatic heterocycles. The van der Waals surface area contributed by atoms with Gasteiger partial charge in [-0.2, -0.15) is 0 Å². The number of halogens is 2. The Hall–Kier alpha value is -1.49. The molecule has 0 aromatic rings. The standard InChI is InChI=1S/C14H21F2NO2/c1-5-7-10(6-2)9-17-11(12(18)19)8-14(3,4)13(15)16/h5-7,11,13,17H,1-2,8-9H2,3-4H3,(H,18,19)/b10-7+. The van der Waals surface area contributed by atoms with Gasteiger partial charge in [0, 0.05) is 12.0 Å². The maximum absolute atomic E-state index is 12.8. The number of aliphatic carboxylic acids is 1. The molecule has 0 saturated heterocycles. The van der Waals surface area contributed by atoms with Crippen molar-refractivity contribution in [3.05, 3.63) is 37.0 Å². The average Bonchev–Trinajstić information content (AvgIpc) is 2.31. The predicted octanol–water partition coefficient (Wildman–Crippen LogP) is 3.01. The molecule has 0 radical (unpaired) electrons. The van der Waals surface area contributed by atoms with Crippen LogP contribution in [0.5, 0.6) is 0 Å². The number of hydrogen-bond acceptors (Lipinski definition) is 2. The normalized spacial score (nSPS) is 14.3. The Labute approximate surface area is 112 Å². The highest BCUT2D eigenvalue weighted by atomic mass is 19.3. The molecule has 3 nitrogen and oxygen atoms in total. The number of carbonyl (C=O) groups is 1. The monoisotopic (exact) mass is 273 g/mol. The summed E-state index contributed by atoms with van der Waals surface area (Å²) in [4.78, 5) is 11.1. The number of allylic oxidation sites excluding steroid dienone is 2. The van der Waals surface area contributed by atoms with E-state index in [-0.39, 0.29) is 13.0 Å². The quantitative estimate of drug-likeness (QED) is 0.635. The van der Waals surface area contributed by atoms with E-state index in [9.17, 15) is 13.6 Å². The van der Waals surface area contributed by atoms with Gasteiger partial charge in [0.2, 0.25) is 6.43 Å². The van der Waals surface area contributed by atoms with Gasteiger partial charge in [0.1, 0.15) is 6.04 Å². The predicted molar refractivity (Wildman–Crippen MR) is 72.3 cm³/mol. The first kappa shape index (κ1) is 17.5. The Morgan fingerprint density at radius 3 is 2.37 bits per heavy atom. The molecule has 1 atom stereocenters. The second kappa shape index (κ2) is 7.84. The highest BCUT2D eigenvalue weighted by Crippen LogP contribution is 2.30. The Bertz CT molecular complexity index is 362. The summed E-state index contributed by atoms with van der Waals surface area (Å²) >= 11 is 0. The molecule has 0 fully saturated rings. The van der Waals surface area contributed by atoms with E-state index >= 15 is 0 Å². The Kier molecular flexibility index (Phi) is 7.22. The molecule has 0 saturated carbocycles. The van der Waals surface area contributed by atoms with Crippen LogP contribution in [-0.2, 0) is 4.79 Å². The fraction of sp³-hybridized carbons (Fsp3) is 0.500. The van der Waals surface area contributed by atoms with Gasteiger partial charge >= 0.3 is 5.97 Å². The van der Waals surface area contributed by atoms with E-state index in [1.165, 1.54) is 13.8 Å². The van der Waals surface area contributed by atoms with Gasteiger partial charge in [-0.15, -0.1) is 0 Å². The first-order chi connectivity index (χ1) is 8.74. The molecule has 19 heavy (non-hydrogen) atoms. The van der Waals surface area contributed by atoms with Gasteiger partial charge in [0.15, 0.2) is 0 Å². The van der Waals surface area contributed by atoms with Crippen molar-refractivity contribution in [2.24, 2.45) is 5.41 Å². The van der Waals surface area contributed by atoms with Crippen molar-refractivity contribution in [3.8, 4) is 0 Å². The second-order valence-corrected chi connectivity index (χ2v) is 4.95. The van der Waals surface area contributed by atoms with Gasteiger partial charge in [-0.3, -0.25) is 4.79 Å². The summed E-state index contributed by atoms with van der Waals surface area (Å²) < 4.78 is 25.5. The molecule has 1 unspecified atom stereocenters. The van der Waals surface area contributed by atoms with Crippen LogP contribution in [0.2, 0.25) is 0 Å². The molecular formula is C14H21F2NO2. The van der Waals surface area contributed by atoms with Gasteiger partial charge in [0.25, 0.3) is 0 Å². The maximum Gasteiger partial charge on any atom is 0.320 e. The van der Waals surface area contributed by atoms with Crippen molar-refractivity contribution in [2.75, 3.05) is 6.54 Å². The zero-order valence-corrected chi connectivity index (χ0v) is 11.3. The lowest BCUT2D eigenvalue weighted by molar-refractivity contribution is -0.141. The smallest absolute Gasteiger partial charge is 0.320 e. The number of alkyl halides is 2. The highest BCUT2D eigenvalue weighted by Gasteiger charge is 2.34. The molecule has 0 aliphatic rings. The average molecular weight is 273 g/mol. The van der Waals surface area contributed by atoms with Gasteiger partial charge < -0.3 is 10.4 Å². The number of hydrogen-bond donors (Lipinski definition) is 2. The van der Waals surface area contributed by atoms with Gasteiger partial charge in [0.05, 0.1) is 0 Å². The van der Waals surface area contributed by atoms with Crippen molar-refractivity contribution in [1.29, 1.82) is 0 Å². The number of rotatable bonds is 9. The number of nitrogens with one attached hydrogen (secondary N) is 1. The molecule has 5 heteroatoms. The minimum absolute atomic E-state index is 0.154. The number of carboxylic acid groups (broad SMARTS) is 1. The third-order valence-electron chi connectivity index (χ3n) is 2.77. The lowest BCUT2D eigenvalue weighted by atomic mass is 9.86. The lowest BCUT2D eigenvalue weighted by Gasteiger charge is -2.27.